The number of carbonyl (C=O) groups excluding carboxylic acids is 3. The summed E-state index contributed by atoms with van der Waals surface area (Å²) in [6.07, 6.45) is 0.0756. The van der Waals surface area contributed by atoms with Crippen molar-refractivity contribution in [2.45, 2.75) is 70.3 Å². The number of anilines is 2. The maximum atomic E-state index is 13.7. The number of nitrogens with zero attached hydrogens (tertiary/aromatic N) is 2. The van der Waals surface area contributed by atoms with E-state index in [1.54, 1.807) is 30.0 Å². The molecule has 13 heteroatoms. The van der Waals surface area contributed by atoms with Crippen molar-refractivity contribution in [3.8, 4) is 5.75 Å². The fraction of sp³-hybridized carbons (Fsp3) is 0.516. The highest BCUT2D eigenvalue weighted by molar-refractivity contribution is 5.99. The lowest BCUT2D eigenvalue weighted by atomic mass is 9.96. The van der Waals surface area contributed by atoms with Gasteiger partial charge in [-0.1, -0.05) is 26.2 Å². The standard InChI is InChI=1S/C31H40F3N5O5/c1-19-16-39(20(2)18-40)28(41)25-15-24(36-29(42)35-22-7-5-4-6-8-22)13-14-26(25)44-27(19)17-38(3)30(43)37-23-11-9-21(10-12-23)31(32,33)34/h9-15,19-20,22,27,40H,4-8,16-18H2,1-3H3,(H,37,43)(H2,35,36,42)/t19-,20-,27+/m1/s1. The number of halogens is 3. The minimum atomic E-state index is -4.48. The predicted octanol–water partition coefficient (Wildman–Crippen LogP) is 5.54. The van der Waals surface area contributed by atoms with Crippen molar-refractivity contribution in [2.24, 2.45) is 5.92 Å². The van der Waals surface area contributed by atoms with Crippen LogP contribution in [0, 0.1) is 5.92 Å². The number of alkyl halides is 3. The van der Waals surface area contributed by atoms with Crippen molar-refractivity contribution in [1.82, 2.24) is 15.1 Å². The lowest BCUT2D eigenvalue weighted by Crippen LogP contribution is -2.50. The van der Waals surface area contributed by atoms with Crippen LogP contribution in [-0.2, 0) is 6.18 Å². The molecule has 1 fully saturated rings. The van der Waals surface area contributed by atoms with Crippen molar-refractivity contribution in [1.29, 1.82) is 0 Å². The summed E-state index contributed by atoms with van der Waals surface area (Å²) in [7, 11) is 1.53. The molecule has 44 heavy (non-hydrogen) atoms. The second kappa shape index (κ2) is 14.2. The number of benzene rings is 2. The number of ether oxygens (including phenoxy) is 1. The Bertz CT molecular complexity index is 1320. The summed E-state index contributed by atoms with van der Waals surface area (Å²) in [6, 6.07) is 7.61. The second-order valence-electron chi connectivity index (χ2n) is 11.7. The summed E-state index contributed by atoms with van der Waals surface area (Å²) >= 11 is 0. The molecule has 5 amide bonds. The molecule has 4 N–H and O–H groups in total. The number of rotatable bonds is 7. The van der Waals surface area contributed by atoms with Gasteiger partial charge >= 0.3 is 18.2 Å². The molecular formula is C31H40F3N5O5. The predicted molar refractivity (Wildman–Crippen MR) is 160 cm³/mol. The average molecular weight is 620 g/mol. The topological polar surface area (TPSA) is 123 Å². The van der Waals surface area contributed by atoms with Gasteiger partial charge in [-0.05, 0) is 62.2 Å². The molecule has 2 aromatic rings. The van der Waals surface area contributed by atoms with E-state index in [0.717, 1.165) is 44.2 Å². The summed E-state index contributed by atoms with van der Waals surface area (Å²) in [4.78, 5) is 42.2. The largest absolute Gasteiger partial charge is 0.487 e. The number of aliphatic hydroxyl groups excluding tert-OH is 1. The molecule has 2 aromatic carbocycles. The van der Waals surface area contributed by atoms with E-state index in [0.29, 0.717) is 5.69 Å². The number of likely N-dealkylation sites (N-methyl/N-ethyl adjacent to an activating group) is 1. The number of amides is 5. The quantitative estimate of drug-likeness (QED) is 0.324. The van der Waals surface area contributed by atoms with Gasteiger partial charge < -0.3 is 35.6 Å². The second-order valence-corrected chi connectivity index (χ2v) is 11.7. The van der Waals surface area contributed by atoms with Gasteiger partial charge in [0.2, 0.25) is 0 Å². The van der Waals surface area contributed by atoms with Gasteiger partial charge in [0.1, 0.15) is 11.9 Å². The van der Waals surface area contributed by atoms with Gasteiger partial charge in [-0.25, -0.2) is 9.59 Å². The van der Waals surface area contributed by atoms with Gasteiger partial charge in [0.25, 0.3) is 5.91 Å². The van der Waals surface area contributed by atoms with Gasteiger partial charge in [0.05, 0.1) is 30.3 Å². The van der Waals surface area contributed by atoms with Crippen molar-refractivity contribution in [3.05, 3.63) is 53.6 Å². The summed E-state index contributed by atoms with van der Waals surface area (Å²) in [6.45, 7) is 3.64. The van der Waals surface area contributed by atoms with E-state index in [4.69, 9.17) is 4.74 Å². The van der Waals surface area contributed by atoms with E-state index in [-0.39, 0.29) is 60.6 Å². The molecule has 0 unspecified atom stereocenters. The summed E-state index contributed by atoms with van der Waals surface area (Å²) in [5, 5.41) is 18.3. The van der Waals surface area contributed by atoms with Crippen LogP contribution in [0.25, 0.3) is 0 Å². The van der Waals surface area contributed by atoms with E-state index < -0.39 is 29.9 Å². The Balaban J connectivity index is 1.50. The molecule has 10 nitrogen and oxygen atoms in total. The van der Waals surface area contributed by atoms with Crippen LogP contribution in [0.1, 0.15) is 61.9 Å². The van der Waals surface area contributed by atoms with Crippen molar-refractivity contribution in [2.75, 3.05) is 37.4 Å². The number of fused-ring (bicyclic) bond motifs is 1. The first-order valence-electron chi connectivity index (χ1n) is 14.8. The third kappa shape index (κ3) is 8.34. The van der Waals surface area contributed by atoms with Crippen LogP contribution in [0.3, 0.4) is 0 Å². The highest BCUT2D eigenvalue weighted by Gasteiger charge is 2.34. The molecule has 0 saturated heterocycles. The first-order valence-corrected chi connectivity index (χ1v) is 14.8. The molecule has 0 aromatic heterocycles. The molecule has 1 aliphatic heterocycles. The molecule has 0 radical (unpaired) electrons. The van der Waals surface area contributed by atoms with E-state index in [9.17, 15) is 32.7 Å². The van der Waals surface area contributed by atoms with Crippen LogP contribution in [0.2, 0.25) is 0 Å². The maximum absolute atomic E-state index is 13.7. The normalized spacial score (nSPS) is 20.0. The van der Waals surface area contributed by atoms with Crippen LogP contribution in [-0.4, -0.2) is 77.8 Å². The van der Waals surface area contributed by atoms with E-state index >= 15 is 0 Å². The fourth-order valence-electron chi connectivity index (χ4n) is 5.43. The van der Waals surface area contributed by atoms with Crippen molar-refractivity contribution >= 4 is 29.3 Å². The van der Waals surface area contributed by atoms with Crippen molar-refractivity contribution in [3.63, 3.8) is 0 Å². The third-order valence-electron chi connectivity index (χ3n) is 8.13. The molecule has 4 rings (SSSR count). The lowest BCUT2D eigenvalue weighted by molar-refractivity contribution is -0.137. The molecule has 3 atom stereocenters. The molecule has 1 heterocycles. The number of nitrogens with one attached hydrogen (secondary N) is 3. The zero-order valence-electron chi connectivity index (χ0n) is 25.1. The van der Waals surface area contributed by atoms with E-state index in [1.807, 2.05) is 6.92 Å². The Hall–Kier alpha value is -4.00. The molecule has 2 aliphatic rings. The number of urea groups is 2. The smallest absolute Gasteiger partial charge is 0.416 e. The summed E-state index contributed by atoms with van der Waals surface area (Å²) in [5.41, 5.74) is -0.00930. The van der Waals surface area contributed by atoms with Crippen LogP contribution in [0.15, 0.2) is 42.5 Å². The molecule has 1 saturated carbocycles. The van der Waals surface area contributed by atoms with Crippen LogP contribution in [0.5, 0.6) is 5.75 Å². The third-order valence-corrected chi connectivity index (χ3v) is 8.13. The van der Waals surface area contributed by atoms with Gasteiger partial charge in [0, 0.05) is 36.9 Å². The Morgan fingerprint density at radius 3 is 2.36 bits per heavy atom. The lowest BCUT2D eigenvalue weighted by Gasteiger charge is -2.38. The van der Waals surface area contributed by atoms with Crippen LogP contribution < -0.4 is 20.7 Å². The number of hydrogen-bond donors (Lipinski definition) is 4. The zero-order chi connectivity index (χ0) is 32.0. The molecular weight excluding hydrogens is 579 g/mol. The summed E-state index contributed by atoms with van der Waals surface area (Å²) < 4.78 is 45.0. The maximum Gasteiger partial charge on any atom is 0.416 e. The molecule has 240 valence electrons. The van der Waals surface area contributed by atoms with Gasteiger partial charge in [-0.3, -0.25) is 4.79 Å². The Morgan fingerprint density at radius 1 is 1.07 bits per heavy atom. The van der Waals surface area contributed by atoms with Crippen LogP contribution in [0.4, 0.5) is 34.1 Å². The fourth-order valence-corrected chi connectivity index (χ4v) is 5.43. The highest BCUT2D eigenvalue weighted by Crippen LogP contribution is 2.32. The molecule has 0 spiro atoms. The molecule has 0 bridgehead atoms. The van der Waals surface area contributed by atoms with Gasteiger partial charge in [0.15, 0.2) is 0 Å². The van der Waals surface area contributed by atoms with E-state index in [1.165, 1.54) is 24.1 Å². The SMILES string of the molecule is C[C@@H]1CN([C@H](C)CO)C(=O)c2cc(NC(=O)NC3CCCCC3)ccc2O[C@H]1CN(C)C(=O)Nc1ccc(C(F)(F)F)cc1. The van der Waals surface area contributed by atoms with Gasteiger partial charge in [-0.15, -0.1) is 0 Å². The summed E-state index contributed by atoms with van der Waals surface area (Å²) in [5.74, 6) is -0.380. The highest BCUT2D eigenvalue weighted by atomic mass is 19.4. The zero-order valence-corrected chi connectivity index (χ0v) is 25.1. The number of hydrogen-bond acceptors (Lipinski definition) is 5. The number of carbonyl (C=O) groups is 3. The monoisotopic (exact) mass is 619 g/mol. The Morgan fingerprint density at radius 2 is 1.73 bits per heavy atom. The van der Waals surface area contributed by atoms with Crippen LogP contribution >= 0.6 is 0 Å². The first kappa shape index (κ1) is 32.9. The minimum Gasteiger partial charge on any atom is -0.487 e. The molecule has 1 aliphatic carbocycles. The Labute approximate surface area is 254 Å². The van der Waals surface area contributed by atoms with Crippen molar-refractivity contribution < 1.29 is 37.4 Å². The van der Waals surface area contributed by atoms with E-state index in [2.05, 4.69) is 16.0 Å². The van der Waals surface area contributed by atoms with Gasteiger partial charge in [-0.2, -0.15) is 13.2 Å². The number of aliphatic hydroxyl groups is 1. The first-order chi connectivity index (χ1) is 20.8. The Kier molecular flexibility index (Phi) is 10.6. The minimum absolute atomic E-state index is 0.0897. The average Bonchev–Trinajstić information content (AvgIpc) is 2.99.